The number of para-hydroxylation sites is 1. The molecular formula is C22H23ClN2O3. The van der Waals surface area contributed by atoms with Crippen LogP contribution in [0.4, 0.5) is 17.1 Å². The van der Waals surface area contributed by atoms with Gasteiger partial charge in [-0.15, -0.1) is 0 Å². The summed E-state index contributed by atoms with van der Waals surface area (Å²) in [6.07, 6.45) is 3.03. The van der Waals surface area contributed by atoms with E-state index in [2.05, 4.69) is 0 Å². The minimum Gasteiger partial charge on any atom is -0.385 e. The smallest absolute Gasteiger partial charge is 0.268 e. The van der Waals surface area contributed by atoms with E-state index in [1.807, 2.05) is 37.3 Å². The van der Waals surface area contributed by atoms with Crippen molar-refractivity contribution >= 4 is 40.5 Å². The van der Waals surface area contributed by atoms with E-state index >= 15 is 0 Å². The second-order valence-corrected chi connectivity index (χ2v) is 6.85. The summed E-state index contributed by atoms with van der Waals surface area (Å²) < 4.78 is 5.07. The number of allylic oxidation sites excluding steroid dienone is 1. The standard InChI is InChI=1S/C22H23ClN2O3/c1-3-24-19-13-12-16(23)15-20(19)25(17-9-5-4-6-10-17)22(27)18(21(24)26)11-7-8-14-28-2/h4-6,9-13,15H,3,7-8,14H2,1-2H3/b18-11-. The molecule has 0 N–H and O–H groups in total. The average Bonchev–Trinajstić information content (AvgIpc) is 2.78. The summed E-state index contributed by atoms with van der Waals surface area (Å²) in [4.78, 5) is 29.9. The number of nitrogens with zero attached hydrogens (tertiary/aromatic N) is 2. The molecule has 0 aliphatic carbocycles. The first-order valence-corrected chi connectivity index (χ1v) is 9.66. The molecule has 28 heavy (non-hydrogen) atoms. The van der Waals surface area contributed by atoms with Gasteiger partial charge in [-0.25, -0.2) is 0 Å². The van der Waals surface area contributed by atoms with Crippen LogP contribution in [-0.2, 0) is 14.3 Å². The molecule has 0 spiro atoms. The number of fused-ring (bicyclic) bond motifs is 1. The number of ether oxygens (including phenoxy) is 1. The van der Waals surface area contributed by atoms with Crippen molar-refractivity contribution in [2.45, 2.75) is 19.8 Å². The van der Waals surface area contributed by atoms with Crippen molar-refractivity contribution in [2.24, 2.45) is 0 Å². The van der Waals surface area contributed by atoms with E-state index in [9.17, 15) is 9.59 Å². The Kier molecular flexibility index (Phi) is 6.49. The lowest BCUT2D eigenvalue weighted by molar-refractivity contribution is -0.120. The largest absolute Gasteiger partial charge is 0.385 e. The minimum absolute atomic E-state index is 0.161. The van der Waals surface area contributed by atoms with E-state index in [0.717, 1.165) is 6.42 Å². The number of unbranched alkanes of at least 4 members (excludes halogenated alkanes) is 1. The maximum atomic E-state index is 13.5. The van der Waals surface area contributed by atoms with Gasteiger partial charge in [-0.2, -0.15) is 0 Å². The quantitative estimate of drug-likeness (QED) is 0.401. The molecule has 3 rings (SSSR count). The number of hydrogen-bond donors (Lipinski definition) is 0. The maximum Gasteiger partial charge on any atom is 0.268 e. The molecule has 1 heterocycles. The number of amides is 2. The summed E-state index contributed by atoms with van der Waals surface area (Å²) in [6, 6.07) is 14.5. The SMILES string of the molecule is CCN1C(=O)/C(=C/CCCOC)C(=O)N(c2ccccc2)c2cc(Cl)ccc21. The Bertz CT molecular complexity index is 896. The van der Waals surface area contributed by atoms with Crippen LogP contribution in [0.15, 0.2) is 60.2 Å². The van der Waals surface area contributed by atoms with Crippen molar-refractivity contribution in [3.63, 3.8) is 0 Å². The highest BCUT2D eigenvalue weighted by Gasteiger charge is 2.36. The van der Waals surface area contributed by atoms with Gasteiger partial charge in [0.05, 0.1) is 11.4 Å². The molecule has 6 heteroatoms. The van der Waals surface area contributed by atoms with Crippen molar-refractivity contribution < 1.29 is 14.3 Å². The third kappa shape index (κ3) is 3.96. The van der Waals surface area contributed by atoms with Crippen molar-refractivity contribution in [2.75, 3.05) is 30.1 Å². The molecule has 0 atom stereocenters. The zero-order chi connectivity index (χ0) is 20.1. The summed E-state index contributed by atoms with van der Waals surface area (Å²) in [7, 11) is 1.63. The molecule has 0 aromatic heterocycles. The Morgan fingerprint density at radius 3 is 2.46 bits per heavy atom. The first kappa shape index (κ1) is 20.1. The van der Waals surface area contributed by atoms with E-state index in [-0.39, 0.29) is 17.4 Å². The molecule has 1 aliphatic heterocycles. The van der Waals surface area contributed by atoms with Crippen molar-refractivity contribution in [1.29, 1.82) is 0 Å². The molecule has 2 aromatic carbocycles. The Morgan fingerprint density at radius 2 is 1.79 bits per heavy atom. The number of carbonyl (C=O) groups excluding carboxylic acids is 2. The van der Waals surface area contributed by atoms with Gasteiger partial charge in [0.15, 0.2) is 0 Å². The number of benzene rings is 2. The molecule has 0 radical (unpaired) electrons. The van der Waals surface area contributed by atoms with Crippen LogP contribution in [0.3, 0.4) is 0 Å². The highest BCUT2D eigenvalue weighted by atomic mass is 35.5. The molecule has 2 amide bonds. The first-order chi connectivity index (χ1) is 13.6. The Balaban J connectivity index is 2.17. The fourth-order valence-corrected chi connectivity index (χ4v) is 3.44. The lowest BCUT2D eigenvalue weighted by Crippen LogP contribution is -2.34. The zero-order valence-electron chi connectivity index (χ0n) is 16.0. The third-order valence-electron chi connectivity index (χ3n) is 4.61. The van der Waals surface area contributed by atoms with Crippen LogP contribution in [0.1, 0.15) is 19.8 Å². The van der Waals surface area contributed by atoms with Crippen molar-refractivity contribution in [3.8, 4) is 0 Å². The molecule has 0 saturated heterocycles. The van der Waals surface area contributed by atoms with Crippen molar-refractivity contribution in [3.05, 3.63) is 65.2 Å². The summed E-state index contributed by atoms with van der Waals surface area (Å²) in [5, 5.41) is 0.503. The second-order valence-electron chi connectivity index (χ2n) is 6.41. The Labute approximate surface area is 170 Å². The normalized spacial score (nSPS) is 15.8. The van der Waals surface area contributed by atoms with Gasteiger partial charge in [0.25, 0.3) is 11.8 Å². The maximum absolute atomic E-state index is 13.5. The van der Waals surface area contributed by atoms with Crippen LogP contribution in [0.2, 0.25) is 5.02 Å². The lowest BCUT2D eigenvalue weighted by Gasteiger charge is -2.24. The summed E-state index contributed by atoms with van der Waals surface area (Å²) in [5.41, 5.74) is 2.10. The van der Waals surface area contributed by atoms with Gasteiger partial charge in [0, 0.05) is 31.0 Å². The third-order valence-corrected chi connectivity index (χ3v) is 4.84. The van der Waals surface area contributed by atoms with E-state index in [0.29, 0.717) is 41.7 Å². The fraction of sp³-hybridized carbons (Fsp3) is 0.273. The molecule has 1 aliphatic rings. The molecule has 0 unspecified atom stereocenters. The van der Waals surface area contributed by atoms with E-state index in [1.165, 1.54) is 0 Å². The second kappa shape index (κ2) is 9.04. The van der Waals surface area contributed by atoms with Gasteiger partial charge >= 0.3 is 0 Å². The van der Waals surface area contributed by atoms with Gasteiger partial charge in [-0.1, -0.05) is 35.9 Å². The van der Waals surface area contributed by atoms with Gasteiger partial charge in [0.2, 0.25) is 0 Å². The molecule has 5 nitrogen and oxygen atoms in total. The number of methoxy groups -OCH3 is 1. The fourth-order valence-electron chi connectivity index (χ4n) is 3.28. The highest BCUT2D eigenvalue weighted by Crippen LogP contribution is 2.40. The predicted octanol–water partition coefficient (Wildman–Crippen LogP) is 4.72. The molecule has 0 bridgehead atoms. The van der Waals surface area contributed by atoms with E-state index < -0.39 is 0 Å². The van der Waals surface area contributed by atoms with Crippen LogP contribution in [0, 0.1) is 0 Å². The Morgan fingerprint density at radius 1 is 1.04 bits per heavy atom. The van der Waals surface area contributed by atoms with Crippen LogP contribution >= 0.6 is 11.6 Å². The lowest BCUT2D eigenvalue weighted by atomic mass is 10.1. The molecule has 0 fully saturated rings. The molecule has 2 aromatic rings. The molecule has 0 saturated carbocycles. The molecule has 146 valence electrons. The Hall–Kier alpha value is -2.63. The van der Waals surface area contributed by atoms with Gasteiger partial charge in [-0.05, 0) is 50.1 Å². The van der Waals surface area contributed by atoms with Crippen LogP contribution < -0.4 is 9.80 Å². The summed E-state index contributed by atoms with van der Waals surface area (Å²) >= 11 is 6.24. The van der Waals surface area contributed by atoms with E-state index in [1.54, 1.807) is 41.2 Å². The zero-order valence-corrected chi connectivity index (χ0v) is 16.8. The average molecular weight is 399 g/mol. The van der Waals surface area contributed by atoms with Crippen molar-refractivity contribution in [1.82, 2.24) is 0 Å². The number of rotatable bonds is 6. The molecular weight excluding hydrogens is 376 g/mol. The number of likely N-dealkylation sites (N-methyl/N-ethyl adjacent to an activating group) is 1. The topological polar surface area (TPSA) is 49.9 Å². The van der Waals surface area contributed by atoms with Gasteiger partial charge in [0.1, 0.15) is 5.57 Å². The van der Waals surface area contributed by atoms with Crippen LogP contribution in [0.5, 0.6) is 0 Å². The van der Waals surface area contributed by atoms with Crippen LogP contribution in [0.25, 0.3) is 0 Å². The number of carbonyl (C=O) groups is 2. The monoisotopic (exact) mass is 398 g/mol. The van der Waals surface area contributed by atoms with Gasteiger partial charge in [-0.3, -0.25) is 14.5 Å². The number of hydrogen-bond acceptors (Lipinski definition) is 3. The number of halogens is 1. The van der Waals surface area contributed by atoms with E-state index in [4.69, 9.17) is 16.3 Å². The summed E-state index contributed by atoms with van der Waals surface area (Å²) in [6.45, 7) is 2.90. The van der Waals surface area contributed by atoms with Gasteiger partial charge < -0.3 is 9.64 Å². The summed E-state index contributed by atoms with van der Waals surface area (Å²) in [5.74, 6) is -0.653. The minimum atomic E-state index is -0.354. The van der Waals surface area contributed by atoms with Crippen LogP contribution in [-0.4, -0.2) is 32.1 Å². The predicted molar refractivity (Wildman–Crippen MR) is 112 cm³/mol. The number of anilines is 3. The highest BCUT2D eigenvalue weighted by molar-refractivity contribution is 6.34. The first-order valence-electron chi connectivity index (χ1n) is 9.28.